The molecule has 1 unspecified atom stereocenters. The minimum Gasteiger partial charge on any atom is -0.227 e. The van der Waals surface area contributed by atoms with Gasteiger partial charge >= 0.3 is 0 Å². The summed E-state index contributed by atoms with van der Waals surface area (Å²) in [5.74, 6) is 2.07. The molecule has 3 aromatic rings. The molecule has 1 aromatic heterocycles. The van der Waals surface area contributed by atoms with Crippen molar-refractivity contribution in [1.82, 2.24) is 4.57 Å². The summed E-state index contributed by atoms with van der Waals surface area (Å²) in [6.45, 7) is 18.3. The average Bonchev–Trinajstić information content (AvgIpc) is 3.08. The molecule has 2 aromatic carbocycles. The molecule has 0 bridgehead atoms. The lowest BCUT2D eigenvalue weighted by atomic mass is 9.96. The topological polar surface area (TPSA) is 8.81 Å². The first-order valence-electron chi connectivity index (χ1n) is 14.1. The van der Waals surface area contributed by atoms with Gasteiger partial charge in [-0.3, -0.25) is 0 Å². The molecule has 0 radical (unpaired) electrons. The first-order chi connectivity index (χ1) is 16.9. The van der Waals surface area contributed by atoms with Crippen LogP contribution in [-0.4, -0.2) is 4.57 Å². The van der Waals surface area contributed by atoms with Crippen LogP contribution in [0.3, 0.4) is 0 Å². The number of aromatic nitrogens is 2. The Hall–Kier alpha value is -2.35. The van der Waals surface area contributed by atoms with E-state index in [1.165, 1.54) is 90.0 Å². The average molecular weight is 474 g/mol. The number of nitrogens with zero attached hydrogens (tertiary/aromatic N) is 2. The van der Waals surface area contributed by atoms with Gasteiger partial charge in [0.15, 0.2) is 0 Å². The second-order valence-electron chi connectivity index (χ2n) is 10.6. The van der Waals surface area contributed by atoms with Crippen molar-refractivity contribution in [2.24, 2.45) is 0 Å². The van der Waals surface area contributed by atoms with E-state index in [1.54, 1.807) is 0 Å². The summed E-state index contributed by atoms with van der Waals surface area (Å²) in [4.78, 5) is 0. The number of hydrogen-bond donors (Lipinski definition) is 0. The van der Waals surface area contributed by atoms with E-state index in [2.05, 4.69) is 100 Å². The first kappa shape index (κ1) is 27.2. The highest BCUT2D eigenvalue weighted by Crippen LogP contribution is 2.28. The summed E-state index contributed by atoms with van der Waals surface area (Å²) >= 11 is 0. The molecule has 2 nitrogen and oxygen atoms in total. The predicted molar refractivity (Wildman–Crippen MR) is 151 cm³/mol. The summed E-state index contributed by atoms with van der Waals surface area (Å²) in [5.41, 5.74) is 9.99. The minimum absolute atomic E-state index is 0.654. The highest BCUT2D eigenvalue weighted by Gasteiger charge is 2.28. The van der Waals surface area contributed by atoms with Crippen LogP contribution in [0.15, 0.2) is 42.5 Å². The predicted octanol–water partition coefficient (Wildman–Crippen LogP) is 8.79. The molecule has 190 valence electrons. The fourth-order valence-electron chi connectivity index (χ4n) is 5.38. The molecular weight excluding hydrogens is 424 g/mol. The molecule has 0 saturated carbocycles. The van der Waals surface area contributed by atoms with Gasteiger partial charge < -0.3 is 0 Å². The summed E-state index contributed by atoms with van der Waals surface area (Å²) in [6, 6.07) is 16.1. The molecule has 0 N–H and O–H groups in total. The number of imidazole rings is 1. The quantitative estimate of drug-likeness (QED) is 0.173. The fraction of sp³-hybridized carbons (Fsp3) is 0.545. The molecule has 0 aliphatic heterocycles. The van der Waals surface area contributed by atoms with Crippen LogP contribution in [0.25, 0.3) is 11.4 Å². The highest BCUT2D eigenvalue weighted by molar-refractivity contribution is 5.63. The zero-order valence-corrected chi connectivity index (χ0v) is 23.6. The van der Waals surface area contributed by atoms with Crippen molar-refractivity contribution in [1.29, 1.82) is 0 Å². The SMILES string of the molecule is CCCCCC[n+]1c(C)c(C)n(CCCCc2ccc(C(C)CC)cc2)c1-c1c(C)cccc1C. The van der Waals surface area contributed by atoms with Crippen LogP contribution in [0.5, 0.6) is 0 Å². The van der Waals surface area contributed by atoms with Crippen LogP contribution in [0, 0.1) is 27.7 Å². The van der Waals surface area contributed by atoms with E-state index >= 15 is 0 Å². The third-order valence-electron chi connectivity index (χ3n) is 8.04. The molecule has 3 rings (SSSR count). The molecule has 2 heteroatoms. The van der Waals surface area contributed by atoms with Crippen LogP contribution in [0.2, 0.25) is 0 Å². The van der Waals surface area contributed by atoms with Gasteiger partial charge in [-0.15, -0.1) is 0 Å². The molecule has 0 aliphatic rings. The van der Waals surface area contributed by atoms with E-state index in [-0.39, 0.29) is 0 Å². The summed E-state index contributed by atoms with van der Waals surface area (Å²) in [6.07, 6.45) is 9.98. The lowest BCUT2D eigenvalue weighted by molar-refractivity contribution is -0.691. The van der Waals surface area contributed by atoms with Crippen molar-refractivity contribution in [3.05, 3.63) is 76.1 Å². The molecule has 0 fully saturated rings. The Morgan fingerprint density at radius 3 is 2.11 bits per heavy atom. The number of hydrogen-bond acceptors (Lipinski definition) is 0. The van der Waals surface area contributed by atoms with Gasteiger partial charge in [-0.1, -0.05) is 76.1 Å². The Kier molecular flexibility index (Phi) is 10.2. The third kappa shape index (κ3) is 6.66. The summed E-state index contributed by atoms with van der Waals surface area (Å²) < 4.78 is 5.24. The van der Waals surface area contributed by atoms with Crippen molar-refractivity contribution in [3.63, 3.8) is 0 Å². The van der Waals surface area contributed by atoms with E-state index in [9.17, 15) is 0 Å². The Balaban J connectivity index is 1.79. The molecule has 0 saturated heterocycles. The first-order valence-corrected chi connectivity index (χ1v) is 14.1. The Morgan fingerprint density at radius 1 is 0.800 bits per heavy atom. The number of aryl methyl sites for hydroxylation is 3. The van der Waals surface area contributed by atoms with E-state index < -0.39 is 0 Å². The number of benzene rings is 2. The van der Waals surface area contributed by atoms with Crippen LogP contribution in [0.4, 0.5) is 0 Å². The van der Waals surface area contributed by atoms with Crippen LogP contribution >= 0.6 is 0 Å². The van der Waals surface area contributed by atoms with E-state index in [1.807, 2.05) is 0 Å². The van der Waals surface area contributed by atoms with Crippen molar-refractivity contribution in [2.45, 2.75) is 119 Å². The third-order valence-corrected chi connectivity index (χ3v) is 8.04. The van der Waals surface area contributed by atoms with Crippen molar-refractivity contribution in [3.8, 4) is 11.4 Å². The van der Waals surface area contributed by atoms with Gasteiger partial charge in [-0.25, -0.2) is 9.13 Å². The maximum atomic E-state index is 2.62. The lowest BCUT2D eigenvalue weighted by Gasteiger charge is -2.12. The summed E-state index contributed by atoms with van der Waals surface area (Å²) in [7, 11) is 0. The minimum atomic E-state index is 0.654. The molecule has 0 aliphatic carbocycles. The monoisotopic (exact) mass is 473 g/mol. The zero-order valence-electron chi connectivity index (χ0n) is 23.6. The standard InChI is InChI=1S/C33H49N2/c1-8-10-11-13-23-34-28(6)29(7)35(33(34)32-26(4)16-15-17-27(32)5)24-14-12-18-30-19-21-31(22-20-30)25(3)9-2/h15-17,19-22,25H,8-14,18,23-24H2,1-7H3/q+1. The molecule has 35 heavy (non-hydrogen) atoms. The number of unbranched alkanes of at least 4 members (excludes halogenated alkanes) is 4. The second kappa shape index (κ2) is 13.1. The van der Waals surface area contributed by atoms with Crippen molar-refractivity contribution < 1.29 is 4.57 Å². The second-order valence-corrected chi connectivity index (χ2v) is 10.6. The van der Waals surface area contributed by atoms with Crippen molar-refractivity contribution in [2.75, 3.05) is 0 Å². The van der Waals surface area contributed by atoms with Crippen LogP contribution in [0.1, 0.15) is 105 Å². The smallest absolute Gasteiger partial charge is 0.227 e. The fourth-order valence-corrected chi connectivity index (χ4v) is 5.38. The van der Waals surface area contributed by atoms with Gasteiger partial charge in [0.2, 0.25) is 0 Å². The molecule has 1 atom stereocenters. The van der Waals surface area contributed by atoms with Gasteiger partial charge in [0.1, 0.15) is 11.4 Å². The maximum Gasteiger partial charge on any atom is 0.289 e. The van der Waals surface area contributed by atoms with Gasteiger partial charge in [0, 0.05) is 13.8 Å². The normalized spacial score (nSPS) is 12.3. The lowest BCUT2D eigenvalue weighted by Crippen LogP contribution is -2.38. The van der Waals surface area contributed by atoms with Crippen LogP contribution < -0.4 is 4.57 Å². The summed E-state index contributed by atoms with van der Waals surface area (Å²) in [5, 5.41) is 0. The Labute approximate surface area is 215 Å². The Morgan fingerprint density at radius 2 is 1.49 bits per heavy atom. The largest absolute Gasteiger partial charge is 0.289 e. The highest BCUT2D eigenvalue weighted by atomic mass is 15.2. The Bertz CT molecular complexity index is 1050. The van der Waals surface area contributed by atoms with Gasteiger partial charge in [-0.2, -0.15) is 0 Å². The number of rotatable bonds is 13. The van der Waals surface area contributed by atoms with E-state index in [4.69, 9.17) is 0 Å². The maximum absolute atomic E-state index is 2.62. The molecule has 1 heterocycles. The van der Waals surface area contributed by atoms with E-state index in [0.29, 0.717) is 5.92 Å². The molecule has 0 spiro atoms. The van der Waals surface area contributed by atoms with Gasteiger partial charge in [0.05, 0.1) is 18.7 Å². The van der Waals surface area contributed by atoms with Gasteiger partial charge in [-0.05, 0) is 80.5 Å². The van der Waals surface area contributed by atoms with E-state index in [0.717, 1.165) is 19.5 Å². The van der Waals surface area contributed by atoms with Gasteiger partial charge in [0.25, 0.3) is 5.82 Å². The molecule has 0 amide bonds. The van der Waals surface area contributed by atoms with Crippen molar-refractivity contribution >= 4 is 0 Å². The zero-order chi connectivity index (χ0) is 25.4. The van der Waals surface area contributed by atoms with Crippen LogP contribution in [-0.2, 0) is 19.5 Å². The molecular formula is C33H49N2+.